The fourth-order valence-corrected chi connectivity index (χ4v) is 5.01. The maximum Gasteiger partial charge on any atom is 0.317 e. The van der Waals surface area contributed by atoms with Crippen LogP contribution in [0.4, 0.5) is 0 Å². The minimum Gasteiger partial charge on any atom is -0.464 e. The molecule has 2 aliphatic rings. The Kier molecular flexibility index (Phi) is 5.88. The zero-order chi connectivity index (χ0) is 18.5. The molecule has 1 N–H and O–H groups in total. The highest BCUT2D eigenvalue weighted by Crippen LogP contribution is 2.27. The largest absolute Gasteiger partial charge is 0.464 e. The molecule has 3 heteroatoms. The van der Waals surface area contributed by atoms with Gasteiger partial charge in [-0.15, -0.1) is 0 Å². The van der Waals surface area contributed by atoms with Crippen molar-refractivity contribution >= 4 is 5.97 Å². The van der Waals surface area contributed by atoms with Crippen LogP contribution in [-0.4, -0.2) is 31.7 Å². The maximum atomic E-state index is 13.1. The van der Waals surface area contributed by atoms with Crippen LogP contribution in [0.3, 0.4) is 0 Å². The van der Waals surface area contributed by atoms with E-state index >= 15 is 0 Å². The second kappa shape index (κ2) is 8.71. The summed E-state index contributed by atoms with van der Waals surface area (Å²) >= 11 is 0. The van der Waals surface area contributed by atoms with Crippen molar-refractivity contribution in [2.45, 2.75) is 44.1 Å². The Bertz CT molecular complexity index is 689. The van der Waals surface area contributed by atoms with Gasteiger partial charge in [0.25, 0.3) is 0 Å². The summed E-state index contributed by atoms with van der Waals surface area (Å²) in [5.74, 6) is 0.0614. The van der Waals surface area contributed by atoms with Gasteiger partial charge in [-0.3, -0.25) is 4.79 Å². The molecule has 0 aromatic heterocycles. The summed E-state index contributed by atoms with van der Waals surface area (Å²) in [6, 6.07) is 20.7. The first kappa shape index (κ1) is 18.2. The molecular weight excluding hydrogens is 334 g/mol. The molecule has 3 nitrogen and oxygen atoms in total. The zero-order valence-electron chi connectivity index (χ0n) is 16.0. The lowest BCUT2D eigenvalue weighted by molar-refractivity contribution is -0.940. The van der Waals surface area contributed by atoms with Crippen LogP contribution in [0.25, 0.3) is 0 Å². The highest BCUT2D eigenvalue weighted by molar-refractivity contribution is 5.82. The fourth-order valence-electron chi connectivity index (χ4n) is 5.01. The molecule has 1 unspecified atom stereocenters. The van der Waals surface area contributed by atoms with Crippen molar-refractivity contribution in [1.82, 2.24) is 0 Å². The molecule has 0 amide bonds. The Morgan fingerprint density at radius 1 is 0.889 bits per heavy atom. The summed E-state index contributed by atoms with van der Waals surface area (Å²) in [5.41, 5.74) is 2.00. The first-order valence-electron chi connectivity index (χ1n) is 10.4. The Balaban J connectivity index is 1.47. The summed E-state index contributed by atoms with van der Waals surface area (Å²) in [7, 11) is 0. The smallest absolute Gasteiger partial charge is 0.317 e. The van der Waals surface area contributed by atoms with Gasteiger partial charge >= 0.3 is 5.97 Å². The van der Waals surface area contributed by atoms with Crippen LogP contribution in [0, 0.1) is 5.92 Å². The molecular formula is C24H30NO2+. The average molecular weight is 365 g/mol. The predicted molar refractivity (Wildman–Crippen MR) is 107 cm³/mol. The predicted octanol–water partition coefficient (Wildman–Crippen LogP) is 3.21. The van der Waals surface area contributed by atoms with Gasteiger partial charge in [-0.05, 0) is 43.2 Å². The Labute approximate surface area is 162 Å². The molecule has 0 spiro atoms. The van der Waals surface area contributed by atoms with E-state index in [0.717, 1.165) is 11.1 Å². The summed E-state index contributed by atoms with van der Waals surface area (Å²) in [6.07, 6.45) is 6.42. The number of carbonyl (C=O) groups is 1. The molecule has 2 fully saturated rings. The highest BCUT2D eigenvalue weighted by Gasteiger charge is 2.37. The second-order valence-electron chi connectivity index (χ2n) is 8.05. The van der Waals surface area contributed by atoms with Crippen LogP contribution >= 0.6 is 0 Å². The third-order valence-electron chi connectivity index (χ3n) is 6.37. The van der Waals surface area contributed by atoms with Gasteiger partial charge < -0.3 is 9.64 Å². The molecule has 0 bridgehead atoms. The summed E-state index contributed by atoms with van der Waals surface area (Å²) < 4.78 is 5.95. The summed E-state index contributed by atoms with van der Waals surface area (Å²) in [6.45, 7) is 3.17. The van der Waals surface area contributed by atoms with Gasteiger partial charge in [-0.1, -0.05) is 60.7 Å². The van der Waals surface area contributed by atoms with Gasteiger partial charge in [0.05, 0.1) is 25.7 Å². The molecule has 3 atom stereocenters. The summed E-state index contributed by atoms with van der Waals surface area (Å²) in [4.78, 5) is 14.9. The molecule has 0 aliphatic carbocycles. The van der Waals surface area contributed by atoms with Crippen molar-refractivity contribution in [1.29, 1.82) is 0 Å². The normalized spacial score (nSPS) is 25.0. The van der Waals surface area contributed by atoms with Crippen molar-refractivity contribution < 1.29 is 14.4 Å². The molecule has 142 valence electrons. The molecule has 2 aromatic rings. The van der Waals surface area contributed by atoms with E-state index in [4.69, 9.17) is 4.74 Å². The van der Waals surface area contributed by atoms with Crippen molar-refractivity contribution in [3.63, 3.8) is 0 Å². The number of hydrogen-bond donors (Lipinski definition) is 1. The van der Waals surface area contributed by atoms with Gasteiger partial charge in [0.15, 0.2) is 0 Å². The number of quaternary nitrogens is 1. The van der Waals surface area contributed by atoms with Crippen molar-refractivity contribution in [2.24, 2.45) is 5.92 Å². The van der Waals surface area contributed by atoms with Gasteiger partial charge in [-0.25, -0.2) is 0 Å². The lowest BCUT2D eigenvalue weighted by Crippen LogP contribution is -3.18. The first-order chi connectivity index (χ1) is 13.3. The van der Waals surface area contributed by atoms with Gasteiger partial charge in [0.2, 0.25) is 0 Å². The Morgan fingerprint density at radius 3 is 2.19 bits per heavy atom. The number of benzene rings is 2. The lowest BCUT2D eigenvalue weighted by atomic mass is 9.84. The molecule has 0 radical (unpaired) electrons. The monoisotopic (exact) mass is 364 g/mol. The zero-order valence-corrected chi connectivity index (χ0v) is 16.0. The van der Waals surface area contributed by atoms with E-state index in [1.165, 1.54) is 45.2 Å². The standard InChI is InChI=1S/C24H29NO2/c26-24(27-18-21-14-9-17-25-16-8-7-15-22(21)25)23(19-10-3-1-4-11-19)20-12-5-2-6-13-20/h1-6,10-13,21-23H,7-9,14-18H2/p+1/t21-,22+/m0/s1. The number of carbonyl (C=O) groups excluding carboxylic acids is 1. The molecule has 2 aliphatic heterocycles. The van der Waals surface area contributed by atoms with E-state index in [1.54, 1.807) is 4.90 Å². The lowest BCUT2D eigenvalue weighted by Gasteiger charge is -2.41. The van der Waals surface area contributed by atoms with Crippen LogP contribution < -0.4 is 4.90 Å². The molecule has 2 saturated heterocycles. The molecule has 4 rings (SSSR count). The van der Waals surface area contributed by atoms with Crippen LogP contribution in [0.2, 0.25) is 0 Å². The van der Waals surface area contributed by atoms with Crippen molar-refractivity contribution in [2.75, 3.05) is 19.7 Å². The number of fused-ring (bicyclic) bond motifs is 1. The van der Waals surface area contributed by atoms with Gasteiger partial charge in [0.1, 0.15) is 5.92 Å². The van der Waals surface area contributed by atoms with Crippen LogP contribution in [0.15, 0.2) is 60.7 Å². The van der Waals surface area contributed by atoms with E-state index in [0.29, 0.717) is 18.6 Å². The highest BCUT2D eigenvalue weighted by atomic mass is 16.5. The van der Waals surface area contributed by atoms with E-state index in [2.05, 4.69) is 0 Å². The number of nitrogens with one attached hydrogen (secondary N) is 1. The second-order valence-corrected chi connectivity index (χ2v) is 8.05. The number of hydrogen-bond acceptors (Lipinski definition) is 2. The quantitative estimate of drug-likeness (QED) is 0.826. The molecule has 2 heterocycles. The maximum absolute atomic E-state index is 13.1. The summed E-state index contributed by atoms with van der Waals surface area (Å²) in [5, 5.41) is 0. The Morgan fingerprint density at radius 2 is 1.52 bits per heavy atom. The van der Waals surface area contributed by atoms with E-state index < -0.39 is 0 Å². The number of piperidine rings is 2. The van der Waals surface area contributed by atoms with Crippen molar-refractivity contribution in [3.8, 4) is 0 Å². The number of esters is 1. The SMILES string of the molecule is O=C(OC[C@@H]1CCC[NH+]2CCCC[C@H]12)C(c1ccccc1)c1ccccc1. The molecule has 0 saturated carbocycles. The van der Waals surface area contributed by atoms with Crippen LogP contribution in [0.5, 0.6) is 0 Å². The minimum absolute atomic E-state index is 0.115. The van der Waals surface area contributed by atoms with E-state index in [-0.39, 0.29) is 11.9 Å². The third-order valence-corrected chi connectivity index (χ3v) is 6.37. The van der Waals surface area contributed by atoms with E-state index in [1.807, 2.05) is 60.7 Å². The number of rotatable bonds is 5. The van der Waals surface area contributed by atoms with Gasteiger partial charge in [0, 0.05) is 5.92 Å². The first-order valence-corrected chi connectivity index (χ1v) is 10.4. The molecule has 27 heavy (non-hydrogen) atoms. The topological polar surface area (TPSA) is 30.7 Å². The van der Waals surface area contributed by atoms with E-state index in [9.17, 15) is 4.79 Å². The fraction of sp³-hybridized carbons (Fsp3) is 0.458. The third kappa shape index (κ3) is 4.24. The van der Waals surface area contributed by atoms with Crippen LogP contribution in [-0.2, 0) is 9.53 Å². The molecule has 2 aromatic carbocycles. The average Bonchev–Trinajstić information content (AvgIpc) is 2.74. The van der Waals surface area contributed by atoms with Gasteiger partial charge in [-0.2, -0.15) is 0 Å². The Hall–Kier alpha value is -2.13. The van der Waals surface area contributed by atoms with Crippen LogP contribution in [0.1, 0.15) is 49.1 Å². The minimum atomic E-state index is -0.342. The van der Waals surface area contributed by atoms with Crippen molar-refractivity contribution in [3.05, 3.63) is 71.8 Å². The number of ether oxygens (including phenoxy) is 1.